The van der Waals surface area contributed by atoms with E-state index in [2.05, 4.69) is 10.6 Å². The summed E-state index contributed by atoms with van der Waals surface area (Å²) in [5.74, 6) is -0.315. The smallest absolute Gasteiger partial charge is 0.255 e. The molecule has 0 radical (unpaired) electrons. The van der Waals surface area contributed by atoms with Crippen LogP contribution in [0.4, 0.5) is 5.69 Å². The Kier molecular flexibility index (Phi) is 7.26. The van der Waals surface area contributed by atoms with Crippen molar-refractivity contribution in [3.8, 4) is 0 Å². The van der Waals surface area contributed by atoms with Crippen LogP contribution < -0.4 is 10.6 Å². The first-order chi connectivity index (χ1) is 16.1. The highest BCUT2D eigenvalue weighted by atomic mass is 32.2. The van der Waals surface area contributed by atoms with E-state index in [1.165, 1.54) is 11.8 Å². The number of thioether (sulfide) groups is 1. The maximum Gasteiger partial charge on any atom is 0.255 e. The van der Waals surface area contributed by atoms with Gasteiger partial charge >= 0.3 is 0 Å². The number of carbonyl (C=O) groups excluding carboxylic acids is 2. The van der Waals surface area contributed by atoms with E-state index in [4.69, 9.17) is 9.73 Å². The zero-order valence-corrected chi connectivity index (χ0v) is 19.4. The molecule has 2 aliphatic heterocycles. The number of carbonyl (C=O) groups is 2. The topological polar surface area (TPSA) is 83.0 Å². The van der Waals surface area contributed by atoms with Crippen molar-refractivity contribution in [1.29, 1.82) is 0 Å². The van der Waals surface area contributed by atoms with Gasteiger partial charge in [0.2, 0.25) is 5.91 Å². The Bertz CT molecular complexity index is 1110. The second kappa shape index (κ2) is 10.5. The minimum absolute atomic E-state index is 0.103. The van der Waals surface area contributed by atoms with E-state index >= 15 is 0 Å². The van der Waals surface area contributed by atoms with E-state index in [1.54, 1.807) is 7.11 Å². The Balaban J connectivity index is 1.66. The first-order valence-electron chi connectivity index (χ1n) is 10.7. The molecule has 1 unspecified atom stereocenters. The van der Waals surface area contributed by atoms with Crippen molar-refractivity contribution in [3.05, 3.63) is 88.6 Å². The Labute approximate surface area is 197 Å². The van der Waals surface area contributed by atoms with Crippen molar-refractivity contribution >= 4 is 34.4 Å². The van der Waals surface area contributed by atoms with Crippen LogP contribution >= 0.6 is 11.8 Å². The maximum absolute atomic E-state index is 13.5. The molecule has 4 rings (SSSR count). The predicted octanol–water partition coefficient (Wildman–Crippen LogP) is 4.05. The fraction of sp³-hybridized carbons (Fsp3) is 0.240. The van der Waals surface area contributed by atoms with Crippen molar-refractivity contribution < 1.29 is 14.3 Å². The lowest BCUT2D eigenvalue weighted by molar-refractivity contribution is -0.120. The lowest BCUT2D eigenvalue weighted by Crippen LogP contribution is -2.39. The quantitative estimate of drug-likeness (QED) is 0.579. The van der Waals surface area contributed by atoms with Gasteiger partial charge in [0.05, 0.1) is 30.3 Å². The number of aliphatic imine (C=N–C) groups is 1. The number of amides is 2. The summed E-state index contributed by atoms with van der Waals surface area (Å²) in [6.45, 7) is 2.76. The number of nitrogens with zero attached hydrogens (tertiary/aromatic N) is 2. The van der Waals surface area contributed by atoms with Crippen LogP contribution in [0.2, 0.25) is 0 Å². The van der Waals surface area contributed by atoms with Gasteiger partial charge in [-0.2, -0.15) is 0 Å². The summed E-state index contributed by atoms with van der Waals surface area (Å²) in [6.07, 6.45) is 0.186. The first-order valence-corrected chi connectivity index (χ1v) is 11.6. The number of allylic oxidation sites excluding steroid dienone is 1. The van der Waals surface area contributed by atoms with E-state index in [-0.39, 0.29) is 18.2 Å². The number of rotatable bonds is 8. The van der Waals surface area contributed by atoms with Gasteiger partial charge < -0.3 is 20.3 Å². The fourth-order valence-electron chi connectivity index (χ4n) is 3.85. The zero-order chi connectivity index (χ0) is 23.2. The average Bonchev–Trinajstić information content (AvgIpc) is 3.21. The molecule has 7 nitrogen and oxygen atoms in total. The van der Waals surface area contributed by atoms with E-state index < -0.39 is 6.04 Å². The van der Waals surface area contributed by atoms with Gasteiger partial charge in [0, 0.05) is 25.0 Å². The normalized spacial score (nSPS) is 17.3. The van der Waals surface area contributed by atoms with Crippen LogP contribution in [0.1, 0.15) is 24.9 Å². The highest BCUT2D eigenvalue weighted by Gasteiger charge is 2.40. The van der Waals surface area contributed by atoms with Gasteiger partial charge in [-0.05, 0) is 30.0 Å². The molecule has 2 aromatic rings. The molecule has 0 aliphatic carbocycles. The molecule has 0 spiro atoms. The molecule has 0 bridgehead atoms. The molecular weight excluding hydrogens is 436 g/mol. The minimum atomic E-state index is -0.393. The Hall–Kier alpha value is -3.36. The van der Waals surface area contributed by atoms with Crippen molar-refractivity contribution in [2.24, 2.45) is 4.99 Å². The van der Waals surface area contributed by atoms with Gasteiger partial charge in [-0.15, -0.1) is 0 Å². The average molecular weight is 463 g/mol. The van der Waals surface area contributed by atoms with Crippen LogP contribution in [-0.4, -0.2) is 42.1 Å². The second-order valence-electron chi connectivity index (χ2n) is 7.64. The van der Waals surface area contributed by atoms with E-state index in [0.717, 1.165) is 16.4 Å². The standard InChI is InChI=1S/C25H26N4O3S/c1-17-22(24(31)28-19-11-7-4-8-12-19)23(18-9-5-3-6-10-18)29-20(16-33-25(29)27-17)15-21(30)26-13-14-32-2/h3-12,16,23H,13-15H2,1-2H3,(H,26,30)(H,28,31). The lowest BCUT2D eigenvalue weighted by atomic mass is 9.93. The van der Waals surface area contributed by atoms with E-state index in [1.807, 2.05) is 77.9 Å². The van der Waals surface area contributed by atoms with Gasteiger partial charge in [-0.25, -0.2) is 4.99 Å². The summed E-state index contributed by atoms with van der Waals surface area (Å²) in [6, 6.07) is 18.8. The number of anilines is 1. The van der Waals surface area contributed by atoms with Gasteiger partial charge in [-0.3, -0.25) is 9.59 Å². The summed E-state index contributed by atoms with van der Waals surface area (Å²) in [5.41, 5.74) is 3.70. The van der Waals surface area contributed by atoms with Crippen molar-refractivity contribution in [2.75, 3.05) is 25.6 Å². The Morgan fingerprint density at radius 2 is 1.79 bits per heavy atom. The third-order valence-corrected chi connectivity index (χ3v) is 6.25. The molecule has 2 aliphatic rings. The molecule has 8 heteroatoms. The number of methoxy groups -OCH3 is 1. The molecule has 33 heavy (non-hydrogen) atoms. The number of ether oxygens (including phenoxy) is 1. The summed E-state index contributed by atoms with van der Waals surface area (Å²) >= 11 is 1.47. The number of fused-ring (bicyclic) bond motifs is 1. The van der Waals surface area contributed by atoms with Crippen LogP contribution in [0.15, 0.2) is 88.0 Å². The van der Waals surface area contributed by atoms with E-state index in [0.29, 0.717) is 30.1 Å². The van der Waals surface area contributed by atoms with Crippen LogP contribution in [0.3, 0.4) is 0 Å². The molecule has 2 N–H and O–H groups in total. The number of para-hydroxylation sites is 1. The molecule has 2 aromatic carbocycles. The molecule has 0 saturated heterocycles. The van der Waals surface area contributed by atoms with Gasteiger partial charge in [0.1, 0.15) is 0 Å². The number of hydrogen-bond donors (Lipinski definition) is 2. The highest BCUT2D eigenvalue weighted by Crippen LogP contribution is 2.44. The number of hydrogen-bond acceptors (Lipinski definition) is 6. The SMILES string of the molecule is COCCNC(=O)CC1=CSC2=NC(C)=C(C(=O)Nc3ccccc3)C(c3ccccc3)N12. The van der Waals surface area contributed by atoms with Crippen LogP contribution in [-0.2, 0) is 14.3 Å². The monoisotopic (exact) mass is 462 g/mol. The highest BCUT2D eigenvalue weighted by molar-refractivity contribution is 8.16. The Morgan fingerprint density at radius 1 is 1.09 bits per heavy atom. The minimum Gasteiger partial charge on any atom is -0.383 e. The van der Waals surface area contributed by atoms with Crippen molar-refractivity contribution in [2.45, 2.75) is 19.4 Å². The van der Waals surface area contributed by atoms with Crippen molar-refractivity contribution in [3.63, 3.8) is 0 Å². The van der Waals surface area contributed by atoms with E-state index in [9.17, 15) is 9.59 Å². The summed E-state index contributed by atoms with van der Waals surface area (Å²) in [7, 11) is 1.60. The molecule has 170 valence electrons. The van der Waals surface area contributed by atoms with Gasteiger partial charge in [-0.1, -0.05) is 60.3 Å². The third kappa shape index (κ3) is 5.18. The van der Waals surface area contributed by atoms with Crippen LogP contribution in [0, 0.1) is 0 Å². The number of benzene rings is 2. The van der Waals surface area contributed by atoms with Crippen LogP contribution in [0.5, 0.6) is 0 Å². The first kappa shape index (κ1) is 22.8. The molecule has 1 atom stereocenters. The molecule has 2 amide bonds. The van der Waals surface area contributed by atoms with Crippen molar-refractivity contribution in [1.82, 2.24) is 10.2 Å². The molecule has 0 aromatic heterocycles. The molecule has 0 saturated carbocycles. The van der Waals surface area contributed by atoms with Gasteiger partial charge in [0.25, 0.3) is 5.91 Å². The molecule has 2 heterocycles. The maximum atomic E-state index is 13.5. The second-order valence-corrected chi connectivity index (χ2v) is 8.48. The predicted molar refractivity (Wildman–Crippen MR) is 131 cm³/mol. The fourth-order valence-corrected chi connectivity index (χ4v) is 4.81. The summed E-state index contributed by atoms with van der Waals surface area (Å²) in [4.78, 5) is 32.7. The largest absolute Gasteiger partial charge is 0.383 e. The molecular formula is C25H26N4O3S. The Morgan fingerprint density at radius 3 is 2.48 bits per heavy atom. The number of nitrogens with one attached hydrogen (secondary N) is 2. The van der Waals surface area contributed by atoms with Crippen LogP contribution in [0.25, 0.3) is 0 Å². The summed E-state index contributed by atoms with van der Waals surface area (Å²) in [5, 5.41) is 8.57. The lowest BCUT2D eigenvalue weighted by Gasteiger charge is -2.36. The van der Waals surface area contributed by atoms with Gasteiger partial charge in [0.15, 0.2) is 5.17 Å². The molecule has 0 fully saturated rings. The third-order valence-electron chi connectivity index (χ3n) is 5.36. The summed E-state index contributed by atoms with van der Waals surface area (Å²) < 4.78 is 5.01. The zero-order valence-electron chi connectivity index (χ0n) is 18.6. The number of amidine groups is 1.